The molecule has 3 rings (SSSR count). The van der Waals surface area contributed by atoms with Crippen LogP contribution >= 0.6 is 35.6 Å². The number of benzene rings is 1. The molecule has 3 atom stereocenters. The third-order valence-electron chi connectivity index (χ3n) is 5.26. The Morgan fingerprint density at radius 1 is 1.39 bits per heavy atom. The van der Waals surface area contributed by atoms with Gasteiger partial charge in [0.1, 0.15) is 0 Å². The van der Waals surface area contributed by atoms with E-state index < -0.39 is 0 Å². The van der Waals surface area contributed by atoms with E-state index in [-0.39, 0.29) is 30.0 Å². The summed E-state index contributed by atoms with van der Waals surface area (Å²) in [6.07, 6.45) is 2.04. The zero-order valence-electron chi connectivity index (χ0n) is 17.3. The molecule has 0 spiro atoms. The third-order valence-corrected chi connectivity index (χ3v) is 5.49. The molecular weight excluding hydrogens is 485 g/mol. The van der Waals surface area contributed by atoms with Gasteiger partial charge in [-0.3, -0.25) is 9.67 Å². The molecule has 1 heterocycles. The first-order valence-corrected chi connectivity index (χ1v) is 10.1. The van der Waals surface area contributed by atoms with E-state index in [9.17, 15) is 0 Å². The number of hydrogen-bond acceptors (Lipinski definition) is 2. The monoisotopic (exact) mass is 515 g/mol. The van der Waals surface area contributed by atoms with Crippen molar-refractivity contribution in [2.75, 3.05) is 6.54 Å². The second-order valence-electron chi connectivity index (χ2n) is 7.49. The largest absolute Gasteiger partial charge is 0.354 e. The lowest BCUT2D eigenvalue weighted by Crippen LogP contribution is -2.44. The quantitative estimate of drug-likeness (QED) is 0.342. The highest BCUT2D eigenvalue weighted by atomic mass is 127. The van der Waals surface area contributed by atoms with Crippen molar-refractivity contribution in [3.8, 4) is 0 Å². The first kappa shape index (κ1) is 23.0. The molecule has 1 aliphatic rings. The molecule has 28 heavy (non-hydrogen) atoms. The van der Waals surface area contributed by atoms with Crippen molar-refractivity contribution >= 4 is 41.5 Å². The van der Waals surface area contributed by atoms with Crippen LogP contribution in [0.5, 0.6) is 0 Å². The second kappa shape index (κ2) is 9.96. The maximum absolute atomic E-state index is 6.13. The zero-order chi connectivity index (χ0) is 19.6. The molecular formula is C21H31ClIN5. The van der Waals surface area contributed by atoms with Gasteiger partial charge in [0.15, 0.2) is 5.96 Å². The van der Waals surface area contributed by atoms with Gasteiger partial charge in [-0.2, -0.15) is 5.10 Å². The van der Waals surface area contributed by atoms with Crippen LogP contribution in [-0.4, -0.2) is 34.4 Å². The lowest BCUT2D eigenvalue weighted by molar-refractivity contribution is 0.632. The van der Waals surface area contributed by atoms with E-state index in [0.29, 0.717) is 12.0 Å². The number of rotatable bonds is 6. The Morgan fingerprint density at radius 3 is 2.75 bits per heavy atom. The predicted octanol–water partition coefficient (Wildman–Crippen LogP) is 4.35. The fraction of sp³-hybridized carbons (Fsp3) is 0.524. The van der Waals surface area contributed by atoms with Crippen LogP contribution in [0.1, 0.15) is 48.7 Å². The minimum atomic E-state index is 0. The van der Waals surface area contributed by atoms with Gasteiger partial charge in [0.05, 0.1) is 5.69 Å². The topological polar surface area (TPSA) is 54.2 Å². The highest BCUT2D eigenvalue weighted by Gasteiger charge is 2.39. The maximum Gasteiger partial charge on any atom is 0.191 e. The Balaban J connectivity index is 0.00000280. The van der Waals surface area contributed by atoms with Crippen molar-refractivity contribution in [3.63, 3.8) is 0 Å². The Labute approximate surface area is 190 Å². The molecule has 0 radical (unpaired) electrons. The summed E-state index contributed by atoms with van der Waals surface area (Å²) in [7, 11) is 2.00. The molecule has 3 unspecified atom stereocenters. The van der Waals surface area contributed by atoms with Crippen LogP contribution in [0, 0.1) is 13.8 Å². The Bertz CT molecular complexity index is 832. The van der Waals surface area contributed by atoms with Crippen molar-refractivity contribution in [3.05, 3.63) is 51.8 Å². The van der Waals surface area contributed by atoms with Crippen molar-refractivity contribution < 1.29 is 0 Å². The molecule has 1 fully saturated rings. The minimum absolute atomic E-state index is 0. The normalized spacial score (nSPS) is 19.7. The van der Waals surface area contributed by atoms with E-state index in [4.69, 9.17) is 11.6 Å². The van der Waals surface area contributed by atoms with Crippen molar-refractivity contribution in [2.24, 2.45) is 12.0 Å². The average Bonchev–Trinajstić information content (AvgIpc) is 3.33. The summed E-state index contributed by atoms with van der Waals surface area (Å²) in [5.74, 6) is 1.39. The highest BCUT2D eigenvalue weighted by Crippen LogP contribution is 2.41. The number of aromatic nitrogens is 2. The molecule has 1 saturated carbocycles. The van der Waals surface area contributed by atoms with E-state index in [1.54, 1.807) is 0 Å². The molecule has 154 valence electrons. The van der Waals surface area contributed by atoms with Crippen molar-refractivity contribution in [1.82, 2.24) is 20.4 Å². The standard InChI is InChI=1S/C21H30ClN5.HI/c1-6-23-21(24-13(2)10-18-14(3)26-27(5)15(18)4)25-20-12-19(20)16-8-7-9-17(22)11-16;/h7-9,11,13,19-20H,6,10,12H2,1-5H3,(H2,23,24,25);1H. The number of aliphatic imine (C=N–C) groups is 1. The molecule has 2 aromatic rings. The number of hydrogen-bond donors (Lipinski definition) is 2. The van der Waals surface area contributed by atoms with Crippen molar-refractivity contribution in [1.29, 1.82) is 0 Å². The summed E-state index contributed by atoms with van der Waals surface area (Å²) in [5, 5.41) is 12.5. The van der Waals surface area contributed by atoms with Gasteiger partial charge in [0.25, 0.3) is 0 Å². The second-order valence-corrected chi connectivity index (χ2v) is 7.93. The van der Waals surface area contributed by atoms with Gasteiger partial charge in [-0.05, 0) is 63.8 Å². The molecule has 5 nitrogen and oxygen atoms in total. The molecule has 0 saturated heterocycles. The summed E-state index contributed by atoms with van der Waals surface area (Å²) in [6, 6.07) is 8.84. The van der Waals surface area contributed by atoms with Gasteiger partial charge in [0, 0.05) is 42.3 Å². The van der Waals surface area contributed by atoms with Crippen LogP contribution in [0.2, 0.25) is 5.02 Å². The summed E-state index contributed by atoms with van der Waals surface area (Å²) < 4.78 is 1.95. The van der Waals surface area contributed by atoms with Crippen LogP contribution in [-0.2, 0) is 13.5 Å². The van der Waals surface area contributed by atoms with Crippen LogP contribution in [0.15, 0.2) is 29.3 Å². The first-order chi connectivity index (χ1) is 12.9. The molecule has 7 heteroatoms. The van der Waals surface area contributed by atoms with E-state index in [1.165, 1.54) is 16.8 Å². The number of aryl methyl sites for hydroxylation is 2. The first-order valence-electron chi connectivity index (χ1n) is 9.71. The van der Waals surface area contributed by atoms with Crippen LogP contribution in [0.25, 0.3) is 0 Å². The summed E-state index contributed by atoms with van der Waals surface area (Å²) in [4.78, 5) is 4.63. The van der Waals surface area contributed by atoms with Gasteiger partial charge in [-0.25, -0.2) is 0 Å². The van der Waals surface area contributed by atoms with Crippen LogP contribution in [0.4, 0.5) is 0 Å². The molecule has 0 amide bonds. The third kappa shape index (κ3) is 5.63. The zero-order valence-corrected chi connectivity index (χ0v) is 20.4. The summed E-state index contributed by atoms with van der Waals surface area (Å²) >= 11 is 6.13. The average molecular weight is 516 g/mol. The van der Waals surface area contributed by atoms with Crippen molar-refractivity contribution in [2.45, 2.75) is 58.5 Å². The smallest absolute Gasteiger partial charge is 0.191 e. The van der Waals surface area contributed by atoms with Crippen LogP contribution in [0.3, 0.4) is 0 Å². The molecule has 1 aromatic heterocycles. The number of guanidine groups is 1. The summed E-state index contributed by atoms with van der Waals surface area (Å²) in [6.45, 7) is 9.21. The fourth-order valence-electron chi connectivity index (χ4n) is 3.63. The molecule has 1 aliphatic carbocycles. The predicted molar refractivity (Wildman–Crippen MR) is 128 cm³/mol. The fourth-order valence-corrected chi connectivity index (χ4v) is 3.83. The summed E-state index contributed by atoms with van der Waals surface area (Å²) in [5.41, 5.74) is 4.95. The molecule has 0 bridgehead atoms. The van der Waals surface area contributed by atoms with Crippen LogP contribution < -0.4 is 10.6 Å². The van der Waals surface area contributed by atoms with Gasteiger partial charge in [-0.15, -0.1) is 24.0 Å². The Morgan fingerprint density at radius 2 is 2.14 bits per heavy atom. The molecule has 0 aliphatic heterocycles. The van der Waals surface area contributed by atoms with Gasteiger partial charge >= 0.3 is 0 Å². The minimum Gasteiger partial charge on any atom is -0.354 e. The number of nitrogens with zero attached hydrogens (tertiary/aromatic N) is 3. The maximum atomic E-state index is 6.13. The lowest BCUT2D eigenvalue weighted by Gasteiger charge is -2.19. The van der Waals surface area contributed by atoms with E-state index in [0.717, 1.165) is 36.1 Å². The lowest BCUT2D eigenvalue weighted by atomic mass is 10.1. The van der Waals surface area contributed by atoms with Gasteiger partial charge in [0.2, 0.25) is 0 Å². The molecule has 2 N–H and O–H groups in total. The van der Waals surface area contributed by atoms with E-state index >= 15 is 0 Å². The molecule has 1 aromatic carbocycles. The highest BCUT2D eigenvalue weighted by molar-refractivity contribution is 14.0. The van der Waals surface area contributed by atoms with Gasteiger partial charge < -0.3 is 10.6 Å². The van der Waals surface area contributed by atoms with E-state index in [1.807, 2.05) is 23.9 Å². The SMILES string of the molecule is CCN=C(NC(C)Cc1c(C)nn(C)c1C)NC1CC1c1cccc(Cl)c1.I. The number of halogens is 2. The van der Waals surface area contributed by atoms with E-state index in [2.05, 4.69) is 60.6 Å². The number of nitrogens with one attached hydrogen (secondary N) is 2. The van der Waals surface area contributed by atoms with Gasteiger partial charge in [-0.1, -0.05) is 23.7 Å². The Hall–Kier alpha value is -1.28. The Kier molecular flexibility index (Phi) is 8.18.